The standard InChI is InChI=1S/C26H23ClN8O/c27-21-11-16(3-8-20(21)26(36)32-18-6-7-18)23-13-30-25-24(29-12-19-9-10-31-34-19)33-22(14-35(23)25)15-1-4-17(28)5-2-15/h1-5,8-11,13-14,18H,6-7,12,28H2,(H,29,33)(H,31,34)(H,32,36). The highest BCUT2D eigenvalue weighted by Crippen LogP contribution is 2.31. The van der Waals surface area contributed by atoms with E-state index < -0.39 is 0 Å². The fourth-order valence-electron chi connectivity index (χ4n) is 4.02. The number of amides is 1. The number of nitrogens with two attached hydrogens (primary N) is 1. The molecule has 1 aliphatic rings. The Labute approximate surface area is 211 Å². The van der Waals surface area contributed by atoms with Gasteiger partial charge in [0.15, 0.2) is 11.5 Å². The average Bonchev–Trinajstić information content (AvgIpc) is 3.35. The van der Waals surface area contributed by atoms with Gasteiger partial charge in [0.05, 0.1) is 40.4 Å². The van der Waals surface area contributed by atoms with Gasteiger partial charge < -0.3 is 16.4 Å². The average molecular weight is 499 g/mol. The van der Waals surface area contributed by atoms with E-state index in [-0.39, 0.29) is 11.9 Å². The van der Waals surface area contributed by atoms with Crippen LogP contribution in [0.3, 0.4) is 0 Å². The Morgan fingerprint density at radius 2 is 1.94 bits per heavy atom. The van der Waals surface area contributed by atoms with Gasteiger partial charge in [0.2, 0.25) is 0 Å². The number of aromatic amines is 1. The summed E-state index contributed by atoms with van der Waals surface area (Å²) < 4.78 is 1.98. The second-order valence-corrected chi connectivity index (χ2v) is 9.22. The highest BCUT2D eigenvalue weighted by molar-refractivity contribution is 6.34. The van der Waals surface area contributed by atoms with Crippen molar-refractivity contribution in [2.24, 2.45) is 0 Å². The number of hydrogen-bond acceptors (Lipinski definition) is 6. The monoisotopic (exact) mass is 498 g/mol. The van der Waals surface area contributed by atoms with Crippen LogP contribution in [0.2, 0.25) is 5.02 Å². The molecule has 0 radical (unpaired) electrons. The quantitative estimate of drug-likeness (QED) is 0.244. The molecule has 180 valence electrons. The summed E-state index contributed by atoms with van der Waals surface area (Å²) in [6, 6.07) is 15.2. The molecule has 36 heavy (non-hydrogen) atoms. The number of nitrogens with zero attached hydrogens (tertiary/aromatic N) is 4. The molecule has 1 fully saturated rings. The molecule has 9 nitrogen and oxygen atoms in total. The van der Waals surface area contributed by atoms with Crippen molar-refractivity contribution in [3.05, 3.63) is 83.4 Å². The molecule has 1 saturated carbocycles. The minimum atomic E-state index is -0.146. The second-order valence-electron chi connectivity index (χ2n) is 8.81. The molecular weight excluding hydrogens is 476 g/mol. The van der Waals surface area contributed by atoms with Crippen LogP contribution in [0.5, 0.6) is 0 Å². The Balaban J connectivity index is 1.41. The number of nitrogen functional groups attached to an aromatic ring is 1. The Bertz CT molecular complexity index is 1560. The molecule has 0 saturated heterocycles. The Morgan fingerprint density at radius 1 is 1.14 bits per heavy atom. The lowest BCUT2D eigenvalue weighted by molar-refractivity contribution is 0.0951. The number of imidazole rings is 1. The van der Waals surface area contributed by atoms with Crippen molar-refractivity contribution in [2.45, 2.75) is 25.4 Å². The number of carbonyl (C=O) groups is 1. The van der Waals surface area contributed by atoms with Crippen LogP contribution in [0.15, 0.2) is 67.1 Å². The zero-order chi connectivity index (χ0) is 24.6. The van der Waals surface area contributed by atoms with Gasteiger partial charge in [-0.1, -0.05) is 29.8 Å². The summed E-state index contributed by atoms with van der Waals surface area (Å²) in [5, 5.41) is 13.7. The van der Waals surface area contributed by atoms with Crippen LogP contribution < -0.4 is 16.4 Å². The number of aromatic nitrogens is 5. The fourth-order valence-corrected chi connectivity index (χ4v) is 4.29. The minimum absolute atomic E-state index is 0.146. The van der Waals surface area contributed by atoms with E-state index >= 15 is 0 Å². The van der Waals surface area contributed by atoms with Crippen molar-refractivity contribution in [1.82, 2.24) is 29.9 Å². The highest BCUT2D eigenvalue weighted by atomic mass is 35.5. The highest BCUT2D eigenvalue weighted by Gasteiger charge is 2.25. The van der Waals surface area contributed by atoms with Gasteiger partial charge in [0.25, 0.3) is 5.91 Å². The lowest BCUT2D eigenvalue weighted by Crippen LogP contribution is -2.25. The van der Waals surface area contributed by atoms with Crippen LogP contribution in [0.4, 0.5) is 11.5 Å². The predicted octanol–water partition coefficient (Wildman–Crippen LogP) is 4.53. The molecule has 6 rings (SSSR count). The first-order valence-corrected chi connectivity index (χ1v) is 12.0. The first-order valence-electron chi connectivity index (χ1n) is 11.6. The molecule has 5 N–H and O–H groups in total. The van der Waals surface area contributed by atoms with Crippen LogP contribution in [0.25, 0.3) is 28.2 Å². The van der Waals surface area contributed by atoms with Crippen molar-refractivity contribution < 1.29 is 4.79 Å². The fraction of sp³-hybridized carbons (Fsp3) is 0.154. The summed E-state index contributed by atoms with van der Waals surface area (Å²) >= 11 is 6.54. The number of anilines is 2. The molecule has 1 aliphatic carbocycles. The van der Waals surface area contributed by atoms with Gasteiger partial charge in [-0.05, 0) is 43.2 Å². The smallest absolute Gasteiger partial charge is 0.253 e. The number of carbonyl (C=O) groups excluding carboxylic acids is 1. The van der Waals surface area contributed by atoms with E-state index in [1.165, 1.54) is 0 Å². The molecule has 0 spiro atoms. The van der Waals surface area contributed by atoms with E-state index in [4.69, 9.17) is 22.3 Å². The van der Waals surface area contributed by atoms with Gasteiger partial charge in [-0.25, -0.2) is 9.97 Å². The summed E-state index contributed by atoms with van der Waals surface area (Å²) in [4.78, 5) is 22.0. The molecule has 0 bridgehead atoms. The third-order valence-electron chi connectivity index (χ3n) is 6.13. The van der Waals surface area contributed by atoms with Gasteiger partial charge in [-0.2, -0.15) is 5.10 Å². The molecule has 0 unspecified atom stereocenters. The molecular formula is C26H23ClN8O. The Hall–Kier alpha value is -4.37. The normalized spacial score (nSPS) is 13.1. The summed E-state index contributed by atoms with van der Waals surface area (Å²) in [6.45, 7) is 0.507. The number of H-pyrrole nitrogens is 1. The largest absolute Gasteiger partial charge is 0.399 e. The van der Waals surface area contributed by atoms with E-state index in [1.807, 2.05) is 47.0 Å². The number of rotatable bonds is 7. The van der Waals surface area contributed by atoms with Gasteiger partial charge in [0.1, 0.15) is 0 Å². The maximum atomic E-state index is 12.5. The maximum absolute atomic E-state index is 12.5. The van der Waals surface area contributed by atoms with Crippen LogP contribution in [0.1, 0.15) is 28.9 Å². The molecule has 3 heterocycles. The maximum Gasteiger partial charge on any atom is 0.253 e. The van der Waals surface area contributed by atoms with Gasteiger partial charge >= 0.3 is 0 Å². The molecule has 1 amide bonds. The van der Waals surface area contributed by atoms with Crippen LogP contribution >= 0.6 is 11.6 Å². The van der Waals surface area contributed by atoms with E-state index in [1.54, 1.807) is 24.5 Å². The lowest BCUT2D eigenvalue weighted by atomic mass is 10.1. The summed E-state index contributed by atoms with van der Waals surface area (Å²) in [7, 11) is 0. The number of hydrogen-bond donors (Lipinski definition) is 4. The molecule has 2 aromatic carbocycles. The second kappa shape index (κ2) is 9.01. The van der Waals surface area contributed by atoms with Crippen molar-refractivity contribution in [1.29, 1.82) is 0 Å². The van der Waals surface area contributed by atoms with Crippen LogP contribution in [-0.2, 0) is 6.54 Å². The van der Waals surface area contributed by atoms with Gasteiger partial charge in [-0.3, -0.25) is 14.3 Å². The van der Waals surface area contributed by atoms with Gasteiger partial charge in [-0.15, -0.1) is 0 Å². The Kier molecular flexibility index (Phi) is 5.54. The third kappa shape index (κ3) is 4.36. The van der Waals surface area contributed by atoms with E-state index in [2.05, 4.69) is 25.8 Å². The topological polar surface area (TPSA) is 126 Å². The third-order valence-corrected chi connectivity index (χ3v) is 6.44. The van der Waals surface area contributed by atoms with Crippen LogP contribution in [-0.4, -0.2) is 36.5 Å². The summed E-state index contributed by atoms with van der Waals surface area (Å²) in [5.74, 6) is 0.476. The van der Waals surface area contributed by atoms with Gasteiger partial charge in [0, 0.05) is 35.2 Å². The molecule has 0 atom stereocenters. The van der Waals surface area contributed by atoms with Crippen molar-refractivity contribution in [3.8, 4) is 22.5 Å². The SMILES string of the molecule is Nc1ccc(-c2cn3c(-c4ccc(C(=O)NC5CC5)c(Cl)c4)cnc3c(NCc3ccn[nH]3)n2)cc1. The molecule has 0 aliphatic heterocycles. The Morgan fingerprint density at radius 3 is 2.67 bits per heavy atom. The number of nitrogens with one attached hydrogen (secondary N) is 3. The summed E-state index contributed by atoms with van der Waals surface area (Å²) in [5.41, 5.74) is 12.0. The van der Waals surface area contributed by atoms with Crippen molar-refractivity contribution in [3.63, 3.8) is 0 Å². The van der Waals surface area contributed by atoms with Crippen LogP contribution in [0, 0.1) is 0 Å². The molecule has 10 heteroatoms. The molecule has 3 aromatic heterocycles. The molecule has 5 aromatic rings. The predicted molar refractivity (Wildman–Crippen MR) is 140 cm³/mol. The first-order chi connectivity index (χ1) is 17.5. The minimum Gasteiger partial charge on any atom is -0.399 e. The number of benzene rings is 2. The lowest BCUT2D eigenvalue weighted by Gasteiger charge is -2.12. The zero-order valence-electron chi connectivity index (χ0n) is 19.2. The summed E-state index contributed by atoms with van der Waals surface area (Å²) in [6.07, 6.45) is 7.46. The first kappa shape index (κ1) is 22.1. The number of fused-ring (bicyclic) bond motifs is 1. The van der Waals surface area contributed by atoms with Crippen molar-refractivity contribution >= 4 is 34.7 Å². The zero-order valence-corrected chi connectivity index (χ0v) is 20.0. The van der Waals surface area contributed by atoms with E-state index in [0.29, 0.717) is 34.3 Å². The number of halogens is 1. The van der Waals surface area contributed by atoms with E-state index in [9.17, 15) is 4.79 Å². The van der Waals surface area contributed by atoms with E-state index in [0.717, 1.165) is 41.1 Å². The van der Waals surface area contributed by atoms with Crippen molar-refractivity contribution in [2.75, 3.05) is 11.1 Å².